The third-order valence-corrected chi connectivity index (χ3v) is 3.77. The maximum atomic E-state index is 12.2. The second kappa shape index (κ2) is 4.05. The molecular formula is C14H18N4O. The lowest BCUT2D eigenvalue weighted by atomic mass is 9.76. The number of Topliss-reactive ketones (excluding diaryl/α,β-unsaturated/α-hetero) is 1. The van der Waals surface area contributed by atoms with Crippen LogP contribution < -0.4 is 0 Å². The molecule has 0 spiro atoms. The summed E-state index contributed by atoms with van der Waals surface area (Å²) in [4.78, 5) is 16.4. The molecule has 0 atom stereocenters. The van der Waals surface area contributed by atoms with Crippen LogP contribution in [0.4, 0.5) is 0 Å². The van der Waals surface area contributed by atoms with Gasteiger partial charge in [0.15, 0.2) is 5.78 Å². The zero-order valence-corrected chi connectivity index (χ0v) is 11.5. The first-order valence-electron chi connectivity index (χ1n) is 6.53. The number of nitrogens with one attached hydrogen (secondary N) is 1. The molecule has 2 aromatic rings. The summed E-state index contributed by atoms with van der Waals surface area (Å²) in [7, 11) is 0. The van der Waals surface area contributed by atoms with Crippen molar-refractivity contribution < 1.29 is 4.79 Å². The smallest absolute Gasteiger partial charge is 0.165 e. The first-order chi connectivity index (χ1) is 8.96. The molecule has 0 saturated heterocycles. The van der Waals surface area contributed by atoms with Crippen LogP contribution >= 0.6 is 0 Å². The van der Waals surface area contributed by atoms with Gasteiger partial charge in [0.05, 0.1) is 6.54 Å². The number of aromatic amines is 1. The predicted molar refractivity (Wildman–Crippen MR) is 71.1 cm³/mol. The molecule has 1 aliphatic rings. The van der Waals surface area contributed by atoms with Gasteiger partial charge in [-0.3, -0.25) is 9.89 Å². The Balaban J connectivity index is 2.04. The van der Waals surface area contributed by atoms with Crippen LogP contribution in [-0.2, 0) is 13.0 Å². The van der Waals surface area contributed by atoms with Gasteiger partial charge in [0, 0.05) is 23.4 Å². The summed E-state index contributed by atoms with van der Waals surface area (Å²) in [6.07, 6.45) is 3.07. The Morgan fingerprint density at radius 1 is 1.42 bits per heavy atom. The molecule has 0 amide bonds. The number of hydrogen-bond acceptors (Lipinski definition) is 3. The minimum absolute atomic E-state index is 0.0358. The van der Waals surface area contributed by atoms with Crippen LogP contribution in [0, 0.1) is 12.3 Å². The van der Waals surface area contributed by atoms with Gasteiger partial charge < -0.3 is 4.57 Å². The fraction of sp³-hybridized carbons (Fsp3) is 0.500. The van der Waals surface area contributed by atoms with Crippen LogP contribution in [0.15, 0.2) is 12.4 Å². The third kappa shape index (κ3) is 2.09. The first kappa shape index (κ1) is 12.1. The highest BCUT2D eigenvalue weighted by atomic mass is 16.1. The molecule has 2 aromatic heterocycles. The molecule has 0 aromatic carbocycles. The topological polar surface area (TPSA) is 63.6 Å². The molecule has 0 radical (unpaired) electrons. The van der Waals surface area contributed by atoms with Crippen LogP contribution in [-0.4, -0.2) is 25.5 Å². The fourth-order valence-corrected chi connectivity index (χ4v) is 2.88. The number of ketones is 1. The molecule has 2 heterocycles. The van der Waals surface area contributed by atoms with Crippen LogP contribution in [0.5, 0.6) is 0 Å². The molecule has 3 rings (SSSR count). The molecule has 0 bridgehead atoms. The van der Waals surface area contributed by atoms with Crippen molar-refractivity contribution in [1.82, 2.24) is 19.7 Å². The Morgan fingerprint density at radius 3 is 2.89 bits per heavy atom. The van der Waals surface area contributed by atoms with Crippen LogP contribution in [0.25, 0.3) is 0 Å². The van der Waals surface area contributed by atoms with Gasteiger partial charge in [0.25, 0.3) is 0 Å². The highest BCUT2D eigenvalue weighted by Crippen LogP contribution is 2.36. The summed E-state index contributed by atoms with van der Waals surface area (Å²) in [6, 6.07) is 2.00. The molecule has 0 fully saturated rings. The molecule has 0 aliphatic heterocycles. The quantitative estimate of drug-likeness (QED) is 0.897. The third-order valence-electron chi connectivity index (χ3n) is 3.77. The number of hydrogen-bond donors (Lipinski definition) is 1. The minimum atomic E-state index is 0.0358. The van der Waals surface area contributed by atoms with Gasteiger partial charge in [-0.25, -0.2) is 4.98 Å². The summed E-state index contributed by atoms with van der Waals surface area (Å²) in [5, 5.41) is 6.75. The van der Waals surface area contributed by atoms with Gasteiger partial charge in [-0.05, 0) is 24.8 Å². The number of H-pyrrole nitrogens is 1. The molecule has 19 heavy (non-hydrogen) atoms. The van der Waals surface area contributed by atoms with Crippen LogP contribution in [0.1, 0.15) is 47.8 Å². The number of aromatic nitrogens is 4. The molecule has 100 valence electrons. The zero-order valence-electron chi connectivity index (χ0n) is 11.5. The van der Waals surface area contributed by atoms with Gasteiger partial charge in [0.1, 0.15) is 12.2 Å². The van der Waals surface area contributed by atoms with E-state index in [4.69, 9.17) is 0 Å². The summed E-state index contributed by atoms with van der Waals surface area (Å²) in [6.45, 7) is 6.98. The standard InChI is InChI=1S/C14H18N4O/c1-9-4-10-11(5-14(2,3)6-12(10)19)18(9)7-13-15-8-16-17-13/h4,8H,5-7H2,1-3H3,(H,15,16,17). The predicted octanol–water partition coefficient (Wildman–Crippen LogP) is 2.12. The summed E-state index contributed by atoms with van der Waals surface area (Å²) in [5.41, 5.74) is 3.16. The number of fused-ring (bicyclic) bond motifs is 1. The average molecular weight is 258 g/mol. The SMILES string of the molecule is Cc1cc2c(n1Cc1ncn[nH]1)CC(C)(C)CC2=O. The number of nitrogens with zero attached hydrogens (tertiary/aromatic N) is 3. The highest BCUT2D eigenvalue weighted by molar-refractivity contribution is 5.99. The van der Waals surface area contributed by atoms with Crippen LogP contribution in [0.2, 0.25) is 0 Å². The fourth-order valence-electron chi connectivity index (χ4n) is 2.88. The average Bonchev–Trinajstić information content (AvgIpc) is 2.90. The van der Waals surface area contributed by atoms with E-state index in [1.807, 2.05) is 13.0 Å². The normalized spacial score (nSPS) is 17.5. The zero-order chi connectivity index (χ0) is 13.6. The molecular weight excluding hydrogens is 240 g/mol. The summed E-state index contributed by atoms with van der Waals surface area (Å²) in [5.74, 6) is 1.07. The van der Waals surface area contributed by atoms with Gasteiger partial charge >= 0.3 is 0 Å². The second-order valence-electron chi connectivity index (χ2n) is 6.11. The largest absolute Gasteiger partial charge is 0.341 e. The van der Waals surface area contributed by atoms with E-state index in [0.29, 0.717) is 13.0 Å². The van der Waals surface area contributed by atoms with Crippen molar-refractivity contribution in [2.24, 2.45) is 5.41 Å². The van der Waals surface area contributed by atoms with Crippen molar-refractivity contribution in [1.29, 1.82) is 0 Å². The monoisotopic (exact) mass is 258 g/mol. The number of carbonyl (C=O) groups is 1. The van der Waals surface area contributed by atoms with Crippen molar-refractivity contribution >= 4 is 5.78 Å². The summed E-state index contributed by atoms with van der Waals surface area (Å²) < 4.78 is 2.18. The van der Waals surface area contributed by atoms with Crippen molar-refractivity contribution in [2.75, 3.05) is 0 Å². The van der Waals surface area contributed by atoms with Crippen LogP contribution in [0.3, 0.4) is 0 Å². The Morgan fingerprint density at radius 2 is 2.21 bits per heavy atom. The van der Waals surface area contributed by atoms with E-state index in [-0.39, 0.29) is 11.2 Å². The van der Waals surface area contributed by atoms with Gasteiger partial charge in [-0.2, -0.15) is 5.10 Å². The molecule has 1 aliphatic carbocycles. The summed E-state index contributed by atoms with van der Waals surface area (Å²) >= 11 is 0. The lowest BCUT2D eigenvalue weighted by Gasteiger charge is -2.29. The maximum absolute atomic E-state index is 12.2. The van der Waals surface area contributed by atoms with E-state index in [2.05, 4.69) is 33.6 Å². The van der Waals surface area contributed by atoms with Crippen molar-refractivity contribution in [3.63, 3.8) is 0 Å². The second-order valence-corrected chi connectivity index (χ2v) is 6.11. The lowest BCUT2D eigenvalue weighted by Crippen LogP contribution is -2.28. The van der Waals surface area contributed by atoms with Gasteiger partial charge in [0.2, 0.25) is 0 Å². The van der Waals surface area contributed by atoms with E-state index in [0.717, 1.165) is 29.2 Å². The van der Waals surface area contributed by atoms with Crippen molar-refractivity contribution in [3.05, 3.63) is 35.2 Å². The first-order valence-corrected chi connectivity index (χ1v) is 6.53. The highest BCUT2D eigenvalue weighted by Gasteiger charge is 2.33. The van der Waals surface area contributed by atoms with Gasteiger partial charge in [-0.15, -0.1) is 0 Å². The van der Waals surface area contributed by atoms with E-state index < -0.39 is 0 Å². The lowest BCUT2D eigenvalue weighted by molar-refractivity contribution is 0.0910. The Kier molecular flexibility index (Phi) is 2.59. The molecule has 5 heteroatoms. The Bertz CT molecular complexity index is 622. The maximum Gasteiger partial charge on any atom is 0.165 e. The van der Waals surface area contributed by atoms with Crippen molar-refractivity contribution in [3.8, 4) is 0 Å². The number of rotatable bonds is 2. The molecule has 1 N–H and O–H groups in total. The molecule has 0 unspecified atom stereocenters. The number of carbonyl (C=O) groups excluding carboxylic acids is 1. The van der Waals surface area contributed by atoms with E-state index in [9.17, 15) is 4.79 Å². The Labute approximate surface area is 112 Å². The van der Waals surface area contributed by atoms with E-state index in [1.54, 1.807) is 0 Å². The van der Waals surface area contributed by atoms with Gasteiger partial charge in [-0.1, -0.05) is 13.8 Å². The minimum Gasteiger partial charge on any atom is -0.341 e. The molecule has 0 saturated carbocycles. The Hall–Kier alpha value is -1.91. The molecule has 5 nitrogen and oxygen atoms in total. The van der Waals surface area contributed by atoms with Crippen molar-refractivity contribution in [2.45, 2.75) is 40.2 Å². The van der Waals surface area contributed by atoms with E-state index in [1.165, 1.54) is 6.33 Å². The van der Waals surface area contributed by atoms with E-state index >= 15 is 0 Å². The number of aryl methyl sites for hydroxylation is 1.